The van der Waals surface area contributed by atoms with Crippen LogP contribution in [0.15, 0.2) is 18.2 Å². The van der Waals surface area contributed by atoms with E-state index in [9.17, 15) is 4.79 Å². The molecular weight excluding hydrogens is 290 g/mol. The number of rotatable bonds is 7. The molecule has 0 bridgehead atoms. The molecule has 0 saturated heterocycles. The van der Waals surface area contributed by atoms with Crippen molar-refractivity contribution in [2.75, 3.05) is 20.3 Å². The summed E-state index contributed by atoms with van der Waals surface area (Å²) >= 11 is 6.19. The first-order chi connectivity index (χ1) is 9.80. The van der Waals surface area contributed by atoms with E-state index in [0.29, 0.717) is 18.2 Å². The first-order valence-corrected chi connectivity index (χ1v) is 7.39. The van der Waals surface area contributed by atoms with Crippen molar-refractivity contribution in [3.05, 3.63) is 34.3 Å². The van der Waals surface area contributed by atoms with Crippen LogP contribution in [0.25, 0.3) is 0 Å². The van der Waals surface area contributed by atoms with Crippen LogP contribution < -0.4 is 5.73 Å². The molecule has 0 aliphatic heterocycles. The van der Waals surface area contributed by atoms with E-state index in [0.717, 1.165) is 11.1 Å². The minimum Gasteiger partial charge on any atom is -0.466 e. The van der Waals surface area contributed by atoms with Crippen molar-refractivity contribution in [2.45, 2.75) is 38.6 Å². The molecule has 1 atom stereocenters. The van der Waals surface area contributed by atoms with Crippen LogP contribution in [0.5, 0.6) is 0 Å². The third-order valence-corrected chi connectivity index (χ3v) is 3.55. The lowest BCUT2D eigenvalue weighted by atomic mass is 9.84. The van der Waals surface area contributed by atoms with Gasteiger partial charge in [0.1, 0.15) is 0 Å². The van der Waals surface area contributed by atoms with Crippen molar-refractivity contribution in [3.8, 4) is 0 Å². The fourth-order valence-corrected chi connectivity index (χ4v) is 2.42. The van der Waals surface area contributed by atoms with E-state index in [2.05, 4.69) is 13.8 Å². The third kappa shape index (κ3) is 5.30. The van der Waals surface area contributed by atoms with Crippen molar-refractivity contribution in [3.63, 3.8) is 0 Å². The van der Waals surface area contributed by atoms with E-state index < -0.39 is 6.04 Å². The summed E-state index contributed by atoms with van der Waals surface area (Å²) in [6.45, 7) is 6.84. The standard InChI is InChI=1S/C16H24ClNO3/c1-5-21-15(19)9-14(18)11-6-12(8-13(17)7-11)16(2,3)10-20-4/h6-8,14H,5,9-10,18H2,1-4H3/t14-/m0/s1. The van der Waals surface area contributed by atoms with Crippen LogP contribution in [-0.4, -0.2) is 26.3 Å². The molecule has 5 heteroatoms. The molecule has 0 saturated carbocycles. The van der Waals surface area contributed by atoms with Crippen LogP contribution in [0.2, 0.25) is 5.02 Å². The molecule has 0 unspecified atom stereocenters. The second-order valence-corrected chi connectivity index (χ2v) is 6.14. The molecule has 1 aromatic carbocycles. The molecule has 0 fully saturated rings. The number of hydrogen-bond donors (Lipinski definition) is 1. The fourth-order valence-electron chi connectivity index (χ4n) is 2.18. The Morgan fingerprint density at radius 3 is 2.62 bits per heavy atom. The van der Waals surface area contributed by atoms with Gasteiger partial charge in [0.2, 0.25) is 0 Å². The molecule has 0 amide bonds. The number of benzene rings is 1. The number of hydrogen-bond acceptors (Lipinski definition) is 4. The lowest BCUT2D eigenvalue weighted by molar-refractivity contribution is -0.143. The van der Waals surface area contributed by atoms with E-state index in [1.54, 1.807) is 20.1 Å². The number of esters is 1. The van der Waals surface area contributed by atoms with Crippen molar-refractivity contribution in [2.24, 2.45) is 5.73 Å². The molecule has 0 aliphatic rings. The minimum absolute atomic E-state index is 0.137. The van der Waals surface area contributed by atoms with E-state index in [1.165, 1.54) is 0 Å². The Hall–Kier alpha value is -1.10. The maximum atomic E-state index is 11.5. The highest BCUT2D eigenvalue weighted by Crippen LogP contribution is 2.30. The minimum atomic E-state index is -0.431. The number of nitrogens with two attached hydrogens (primary N) is 1. The first kappa shape index (κ1) is 18.0. The smallest absolute Gasteiger partial charge is 0.307 e. The van der Waals surface area contributed by atoms with Gasteiger partial charge in [-0.25, -0.2) is 0 Å². The molecule has 0 aromatic heterocycles. The van der Waals surface area contributed by atoms with Gasteiger partial charge in [0.05, 0.1) is 19.6 Å². The summed E-state index contributed by atoms with van der Waals surface area (Å²) < 4.78 is 10.2. The van der Waals surface area contributed by atoms with Gasteiger partial charge in [-0.15, -0.1) is 0 Å². The number of ether oxygens (including phenoxy) is 2. The zero-order chi connectivity index (χ0) is 16.0. The summed E-state index contributed by atoms with van der Waals surface area (Å²) in [7, 11) is 1.67. The van der Waals surface area contributed by atoms with Gasteiger partial charge in [0.25, 0.3) is 0 Å². The van der Waals surface area contributed by atoms with Crippen molar-refractivity contribution in [1.29, 1.82) is 0 Å². The predicted molar refractivity (Wildman–Crippen MR) is 84.5 cm³/mol. The average Bonchev–Trinajstić information content (AvgIpc) is 2.38. The maximum Gasteiger partial charge on any atom is 0.307 e. The molecule has 0 radical (unpaired) electrons. The topological polar surface area (TPSA) is 61.5 Å². The molecule has 0 aliphatic carbocycles. The number of carbonyl (C=O) groups is 1. The summed E-state index contributed by atoms with van der Waals surface area (Å²) in [5, 5.41) is 0.603. The Labute approximate surface area is 131 Å². The van der Waals surface area contributed by atoms with Crippen molar-refractivity contribution >= 4 is 17.6 Å². The van der Waals surface area contributed by atoms with Crippen molar-refractivity contribution in [1.82, 2.24) is 0 Å². The fraction of sp³-hybridized carbons (Fsp3) is 0.562. The Kier molecular flexibility index (Phi) is 6.65. The highest BCUT2D eigenvalue weighted by molar-refractivity contribution is 6.30. The predicted octanol–water partition coefficient (Wildman–Crippen LogP) is 3.22. The van der Waals surface area contributed by atoms with Crippen LogP contribution in [0.4, 0.5) is 0 Å². The van der Waals surface area contributed by atoms with Crippen LogP contribution in [0, 0.1) is 0 Å². The average molecular weight is 314 g/mol. The lowest BCUT2D eigenvalue weighted by Gasteiger charge is -2.26. The molecule has 2 N–H and O–H groups in total. The van der Waals surface area contributed by atoms with E-state index in [4.69, 9.17) is 26.8 Å². The van der Waals surface area contributed by atoms with Gasteiger partial charge in [-0.05, 0) is 30.2 Å². The summed E-state index contributed by atoms with van der Waals surface area (Å²) in [6, 6.07) is 5.24. The van der Waals surface area contributed by atoms with Gasteiger partial charge in [-0.2, -0.15) is 0 Å². The summed E-state index contributed by atoms with van der Waals surface area (Å²) in [5.41, 5.74) is 7.77. The highest BCUT2D eigenvalue weighted by atomic mass is 35.5. The van der Waals surface area contributed by atoms with Gasteiger partial charge in [-0.1, -0.05) is 31.5 Å². The first-order valence-electron chi connectivity index (χ1n) is 7.01. The van der Waals surface area contributed by atoms with Crippen LogP contribution >= 0.6 is 11.6 Å². The second-order valence-electron chi connectivity index (χ2n) is 5.71. The zero-order valence-electron chi connectivity index (χ0n) is 13.1. The number of methoxy groups -OCH3 is 1. The second kappa shape index (κ2) is 7.78. The molecular formula is C16H24ClNO3. The number of carbonyl (C=O) groups excluding carboxylic acids is 1. The van der Waals surface area contributed by atoms with Gasteiger partial charge in [0.15, 0.2) is 0 Å². The Bertz CT molecular complexity index is 488. The summed E-state index contributed by atoms with van der Waals surface area (Å²) in [6.07, 6.45) is 0.137. The molecule has 118 valence electrons. The van der Waals surface area contributed by atoms with Gasteiger partial charge in [0, 0.05) is 23.6 Å². The molecule has 21 heavy (non-hydrogen) atoms. The van der Waals surface area contributed by atoms with Gasteiger partial charge < -0.3 is 15.2 Å². The monoisotopic (exact) mass is 313 g/mol. The quantitative estimate of drug-likeness (QED) is 0.785. The molecule has 4 nitrogen and oxygen atoms in total. The van der Waals surface area contributed by atoms with Gasteiger partial charge in [-0.3, -0.25) is 4.79 Å². The number of halogens is 1. The lowest BCUT2D eigenvalue weighted by Crippen LogP contribution is -2.24. The largest absolute Gasteiger partial charge is 0.466 e. The summed E-state index contributed by atoms with van der Waals surface area (Å²) in [5.74, 6) is -0.303. The van der Waals surface area contributed by atoms with Crippen LogP contribution in [-0.2, 0) is 19.7 Å². The van der Waals surface area contributed by atoms with Crippen LogP contribution in [0.3, 0.4) is 0 Å². The van der Waals surface area contributed by atoms with Crippen LogP contribution in [0.1, 0.15) is 44.4 Å². The van der Waals surface area contributed by atoms with E-state index in [-0.39, 0.29) is 17.8 Å². The SMILES string of the molecule is CCOC(=O)C[C@H](N)c1cc(Cl)cc(C(C)(C)COC)c1. The normalized spacial score (nSPS) is 13.0. The zero-order valence-corrected chi connectivity index (χ0v) is 13.9. The third-order valence-electron chi connectivity index (χ3n) is 3.33. The van der Waals surface area contributed by atoms with E-state index in [1.807, 2.05) is 12.1 Å². The highest BCUT2D eigenvalue weighted by Gasteiger charge is 2.23. The Balaban J connectivity index is 2.98. The molecule has 1 rings (SSSR count). The van der Waals surface area contributed by atoms with Crippen molar-refractivity contribution < 1.29 is 14.3 Å². The molecule has 0 heterocycles. The Morgan fingerprint density at radius 1 is 1.38 bits per heavy atom. The maximum absolute atomic E-state index is 11.5. The molecule has 0 spiro atoms. The van der Waals surface area contributed by atoms with E-state index >= 15 is 0 Å². The van der Waals surface area contributed by atoms with Gasteiger partial charge >= 0.3 is 5.97 Å². The summed E-state index contributed by atoms with van der Waals surface area (Å²) in [4.78, 5) is 11.5. The molecule has 1 aromatic rings. The Morgan fingerprint density at radius 2 is 2.05 bits per heavy atom.